The molecule has 0 saturated carbocycles. The summed E-state index contributed by atoms with van der Waals surface area (Å²) in [7, 11) is 0. The lowest BCUT2D eigenvalue weighted by atomic mass is 10.1. The topological polar surface area (TPSA) is 58.4 Å². The van der Waals surface area contributed by atoms with Crippen LogP contribution < -0.4 is 11.1 Å². The van der Waals surface area contributed by atoms with Crippen LogP contribution in [0.25, 0.3) is 0 Å². The molecule has 1 amide bonds. The second-order valence-corrected chi connectivity index (χ2v) is 5.84. The molecule has 19 heavy (non-hydrogen) atoms. The Bertz CT molecular complexity index is 270. The zero-order valence-electron chi connectivity index (χ0n) is 12.8. The SMILES string of the molecule is CCCC(C)NC(=O)C(C)N1CCCC1CCCN. The average Bonchev–Trinajstić information content (AvgIpc) is 2.83. The summed E-state index contributed by atoms with van der Waals surface area (Å²) in [5, 5.41) is 3.13. The van der Waals surface area contributed by atoms with Gasteiger partial charge in [-0.2, -0.15) is 0 Å². The maximum atomic E-state index is 12.3. The van der Waals surface area contributed by atoms with Gasteiger partial charge in [0.25, 0.3) is 0 Å². The molecule has 1 rings (SSSR count). The maximum absolute atomic E-state index is 12.3. The lowest BCUT2D eigenvalue weighted by Crippen LogP contribution is -2.49. The first-order valence-corrected chi connectivity index (χ1v) is 7.86. The van der Waals surface area contributed by atoms with Crippen LogP contribution in [0.2, 0.25) is 0 Å². The van der Waals surface area contributed by atoms with Gasteiger partial charge in [-0.05, 0) is 59.0 Å². The Morgan fingerprint density at radius 3 is 2.84 bits per heavy atom. The van der Waals surface area contributed by atoms with Gasteiger partial charge in [0.05, 0.1) is 6.04 Å². The Kier molecular flexibility index (Phi) is 7.39. The Hall–Kier alpha value is -0.610. The molecule has 1 fully saturated rings. The number of hydrogen-bond donors (Lipinski definition) is 2. The molecule has 1 aliphatic rings. The van der Waals surface area contributed by atoms with Crippen molar-refractivity contribution in [3.63, 3.8) is 0 Å². The molecule has 0 spiro atoms. The number of nitrogens with two attached hydrogens (primary N) is 1. The highest BCUT2D eigenvalue weighted by molar-refractivity contribution is 5.81. The second-order valence-electron chi connectivity index (χ2n) is 5.84. The van der Waals surface area contributed by atoms with Crippen LogP contribution in [0.5, 0.6) is 0 Å². The first-order valence-electron chi connectivity index (χ1n) is 7.86. The van der Waals surface area contributed by atoms with Gasteiger partial charge >= 0.3 is 0 Å². The highest BCUT2D eigenvalue weighted by Crippen LogP contribution is 2.23. The van der Waals surface area contributed by atoms with Crippen molar-refractivity contribution in [1.82, 2.24) is 10.2 Å². The summed E-state index contributed by atoms with van der Waals surface area (Å²) >= 11 is 0. The third kappa shape index (κ3) is 5.11. The van der Waals surface area contributed by atoms with E-state index in [1.165, 1.54) is 12.8 Å². The zero-order valence-corrected chi connectivity index (χ0v) is 12.8. The van der Waals surface area contributed by atoms with Crippen LogP contribution >= 0.6 is 0 Å². The Labute approximate surface area is 118 Å². The summed E-state index contributed by atoms with van der Waals surface area (Å²) in [6, 6.07) is 0.820. The monoisotopic (exact) mass is 269 g/mol. The molecule has 0 aromatic carbocycles. The molecule has 3 unspecified atom stereocenters. The fourth-order valence-corrected chi connectivity index (χ4v) is 3.05. The van der Waals surface area contributed by atoms with Gasteiger partial charge in [0.15, 0.2) is 0 Å². The summed E-state index contributed by atoms with van der Waals surface area (Å²) in [6.45, 7) is 8.07. The molecule has 0 radical (unpaired) electrons. The molecule has 3 atom stereocenters. The van der Waals surface area contributed by atoms with Crippen molar-refractivity contribution >= 4 is 5.91 Å². The molecular formula is C15H31N3O. The molecule has 0 bridgehead atoms. The van der Waals surface area contributed by atoms with Crippen molar-refractivity contribution in [2.75, 3.05) is 13.1 Å². The van der Waals surface area contributed by atoms with Gasteiger partial charge < -0.3 is 11.1 Å². The highest BCUT2D eigenvalue weighted by atomic mass is 16.2. The summed E-state index contributed by atoms with van der Waals surface area (Å²) in [5.74, 6) is 0.181. The van der Waals surface area contributed by atoms with E-state index in [1.807, 2.05) is 6.92 Å². The molecule has 0 aromatic rings. The predicted octanol–water partition coefficient (Wildman–Crippen LogP) is 1.88. The fourth-order valence-electron chi connectivity index (χ4n) is 3.05. The van der Waals surface area contributed by atoms with Gasteiger partial charge in [-0.15, -0.1) is 0 Å². The molecular weight excluding hydrogens is 238 g/mol. The maximum Gasteiger partial charge on any atom is 0.237 e. The van der Waals surface area contributed by atoms with Gasteiger partial charge in [-0.1, -0.05) is 13.3 Å². The van der Waals surface area contributed by atoms with Crippen molar-refractivity contribution < 1.29 is 4.79 Å². The van der Waals surface area contributed by atoms with Crippen LogP contribution in [0.4, 0.5) is 0 Å². The van der Waals surface area contributed by atoms with E-state index in [0.717, 1.165) is 38.8 Å². The summed E-state index contributed by atoms with van der Waals surface area (Å²) < 4.78 is 0. The van der Waals surface area contributed by atoms with Crippen LogP contribution in [0, 0.1) is 0 Å². The number of amides is 1. The fraction of sp³-hybridized carbons (Fsp3) is 0.933. The van der Waals surface area contributed by atoms with Gasteiger partial charge in [0.1, 0.15) is 0 Å². The molecule has 1 saturated heterocycles. The number of carbonyl (C=O) groups is 1. The van der Waals surface area contributed by atoms with E-state index in [-0.39, 0.29) is 18.0 Å². The lowest BCUT2D eigenvalue weighted by molar-refractivity contribution is -0.126. The van der Waals surface area contributed by atoms with Crippen LogP contribution in [-0.4, -0.2) is 42.0 Å². The molecule has 1 heterocycles. The normalized spacial score (nSPS) is 23.3. The summed E-state index contributed by atoms with van der Waals surface area (Å²) in [6.07, 6.45) is 6.76. The predicted molar refractivity (Wildman–Crippen MR) is 80.0 cm³/mol. The van der Waals surface area contributed by atoms with Crippen LogP contribution in [-0.2, 0) is 4.79 Å². The van der Waals surface area contributed by atoms with E-state index in [0.29, 0.717) is 6.04 Å². The number of carbonyl (C=O) groups excluding carboxylic acids is 1. The van der Waals surface area contributed by atoms with Crippen LogP contribution in [0.1, 0.15) is 59.3 Å². The van der Waals surface area contributed by atoms with Crippen molar-refractivity contribution in [3.8, 4) is 0 Å². The Balaban J connectivity index is 2.45. The van der Waals surface area contributed by atoms with Crippen molar-refractivity contribution in [2.45, 2.75) is 77.4 Å². The number of hydrogen-bond acceptors (Lipinski definition) is 3. The molecule has 3 N–H and O–H groups in total. The average molecular weight is 269 g/mol. The standard InChI is InChI=1S/C15H31N3O/c1-4-7-12(2)17-15(19)13(3)18-11-6-9-14(18)8-5-10-16/h12-14H,4-11,16H2,1-3H3,(H,17,19). The quantitative estimate of drug-likeness (QED) is 0.707. The van der Waals surface area contributed by atoms with Gasteiger partial charge in [-0.3, -0.25) is 9.69 Å². The highest BCUT2D eigenvalue weighted by Gasteiger charge is 2.31. The minimum atomic E-state index is -0.00965. The number of likely N-dealkylation sites (tertiary alicyclic amines) is 1. The minimum absolute atomic E-state index is 0.00965. The Morgan fingerprint density at radius 2 is 2.21 bits per heavy atom. The van der Waals surface area contributed by atoms with E-state index >= 15 is 0 Å². The van der Waals surface area contributed by atoms with Crippen molar-refractivity contribution in [1.29, 1.82) is 0 Å². The Morgan fingerprint density at radius 1 is 1.47 bits per heavy atom. The molecule has 0 aliphatic carbocycles. The molecule has 4 heteroatoms. The van der Waals surface area contributed by atoms with Crippen molar-refractivity contribution in [2.24, 2.45) is 5.73 Å². The molecule has 0 aromatic heterocycles. The summed E-state index contributed by atoms with van der Waals surface area (Å²) in [4.78, 5) is 14.6. The molecule has 1 aliphatic heterocycles. The lowest BCUT2D eigenvalue weighted by Gasteiger charge is -2.30. The largest absolute Gasteiger partial charge is 0.352 e. The van der Waals surface area contributed by atoms with Crippen molar-refractivity contribution in [3.05, 3.63) is 0 Å². The van der Waals surface area contributed by atoms with Crippen LogP contribution in [0.15, 0.2) is 0 Å². The van der Waals surface area contributed by atoms with E-state index < -0.39 is 0 Å². The first-order chi connectivity index (χ1) is 9.10. The second kappa shape index (κ2) is 8.54. The third-order valence-corrected chi connectivity index (χ3v) is 4.15. The number of nitrogens with zero attached hydrogens (tertiary/aromatic N) is 1. The zero-order chi connectivity index (χ0) is 14.3. The minimum Gasteiger partial charge on any atom is -0.352 e. The number of rotatable bonds is 8. The van der Waals surface area contributed by atoms with Gasteiger partial charge in [0, 0.05) is 12.1 Å². The smallest absolute Gasteiger partial charge is 0.237 e. The van der Waals surface area contributed by atoms with Crippen LogP contribution in [0.3, 0.4) is 0 Å². The van der Waals surface area contributed by atoms with E-state index in [1.54, 1.807) is 0 Å². The molecule has 112 valence electrons. The van der Waals surface area contributed by atoms with Gasteiger partial charge in [0.2, 0.25) is 5.91 Å². The first kappa shape index (κ1) is 16.4. The van der Waals surface area contributed by atoms with Gasteiger partial charge in [-0.25, -0.2) is 0 Å². The molecule has 4 nitrogen and oxygen atoms in total. The van der Waals surface area contributed by atoms with E-state index in [2.05, 4.69) is 24.1 Å². The van der Waals surface area contributed by atoms with E-state index in [9.17, 15) is 4.79 Å². The van der Waals surface area contributed by atoms with E-state index in [4.69, 9.17) is 5.73 Å². The number of nitrogens with one attached hydrogen (secondary N) is 1. The summed E-state index contributed by atoms with van der Waals surface area (Å²) in [5.41, 5.74) is 5.59. The third-order valence-electron chi connectivity index (χ3n) is 4.15.